The van der Waals surface area contributed by atoms with Crippen molar-refractivity contribution in [3.05, 3.63) is 0 Å². The molecule has 0 aromatic heterocycles. The van der Waals surface area contributed by atoms with Crippen molar-refractivity contribution < 1.29 is 19.0 Å². The van der Waals surface area contributed by atoms with E-state index in [1.54, 1.807) is 6.92 Å². The molecular weight excluding hydrogens is 222 g/mol. The fourth-order valence-electron chi connectivity index (χ4n) is 1.71. The maximum atomic E-state index is 11.3. The highest BCUT2D eigenvalue weighted by atomic mass is 16.7. The fraction of sp³-hybridized carbons (Fsp3) is 0.833. The van der Waals surface area contributed by atoms with E-state index in [1.165, 1.54) is 0 Å². The van der Waals surface area contributed by atoms with E-state index in [0.717, 1.165) is 19.3 Å². The van der Waals surface area contributed by atoms with Gasteiger partial charge in [0, 0.05) is 6.61 Å². The third-order valence-corrected chi connectivity index (χ3v) is 2.50. The largest absolute Gasteiger partial charge is 0.466 e. The van der Waals surface area contributed by atoms with Crippen LogP contribution in [0.3, 0.4) is 0 Å². The number of hydrogen-bond donors (Lipinski definition) is 0. The SMILES string of the molecule is CCOC(=O)CC(CC#N)OC1CCCCO1. The van der Waals surface area contributed by atoms with Crippen LogP contribution >= 0.6 is 0 Å². The van der Waals surface area contributed by atoms with E-state index in [9.17, 15) is 4.79 Å². The van der Waals surface area contributed by atoms with Gasteiger partial charge in [0.2, 0.25) is 0 Å². The average Bonchev–Trinajstić information content (AvgIpc) is 2.31. The lowest BCUT2D eigenvalue weighted by atomic mass is 10.1. The Morgan fingerprint density at radius 2 is 2.41 bits per heavy atom. The minimum absolute atomic E-state index is 0.112. The summed E-state index contributed by atoms with van der Waals surface area (Å²) >= 11 is 0. The standard InChI is InChI=1S/C12H19NO4/c1-2-15-11(14)9-10(6-7-13)17-12-5-3-4-8-16-12/h10,12H,2-6,8-9H2,1H3. The molecule has 2 unspecified atom stereocenters. The van der Waals surface area contributed by atoms with E-state index in [4.69, 9.17) is 19.5 Å². The van der Waals surface area contributed by atoms with E-state index in [-0.39, 0.29) is 25.1 Å². The first-order valence-electron chi connectivity index (χ1n) is 6.06. The van der Waals surface area contributed by atoms with Crippen LogP contribution in [-0.2, 0) is 19.0 Å². The van der Waals surface area contributed by atoms with Gasteiger partial charge >= 0.3 is 5.97 Å². The number of esters is 1. The molecule has 0 spiro atoms. The second kappa shape index (κ2) is 8.04. The second-order valence-corrected chi connectivity index (χ2v) is 3.93. The van der Waals surface area contributed by atoms with Gasteiger partial charge in [-0.2, -0.15) is 5.26 Å². The molecule has 0 amide bonds. The van der Waals surface area contributed by atoms with E-state index in [0.29, 0.717) is 13.2 Å². The van der Waals surface area contributed by atoms with Gasteiger partial charge in [0.15, 0.2) is 6.29 Å². The molecule has 1 fully saturated rings. The molecule has 1 aliphatic rings. The molecule has 0 aromatic rings. The summed E-state index contributed by atoms with van der Waals surface area (Å²) in [6, 6.07) is 2.02. The Morgan fingerprint density at radius 3 is 3.00 bits per heavy atom. The number of hydrogen-bond acceptors (Lipinski definition) is 5. The molecule has 96 valence electrons. The van der Waals surface area contributed by atoms with Crippen molar-refractivity contribution in [2.24, 2.45) is 0 Å². The highest BCUT2D eigenvalue weighted by molar-refractivity contribution is 5.69. The van der Waals surface area contributed by atoms with Gasteiger partial charge in [0.05, 0.1) is 31.6 Å². The number of nitrogens with zero attached hydrogens (tertiary/aromatic N) is 1. The summed E-state index contributed by atoms with van der Waals surface area (Å²) in [4.78, 5) is 11.3. The van der Waals surface area contributed by atoms with Crippen molar-refractivity contribution in [3.63, 3.8) is 0 Å². The first-order chi connectivity index (χ1) is 8.26. The highest BCUT2D eigenvalue weighted by Gasteiger charge is 2.22. The Balaban J connectivity index is 2.36. The third-order valence-electron chi connectivity index (χ3n) is 2.50. The molecular formula is C12H19NO4. The van der Waals surface area contributed by atoms with Crippen LogP contribution < -0.4 is 0 Å². The summed E-state index contributed by atoms with van der Waals surface area (Å²) in [6.45, 7) is 2.78. The summed E-state index contributed by atoms with van der Waals surface area (Å²) in [6.07, 6.45) is 2.51. The summed E-state index contributed by atoms with van der Waals surface area (Å²) in [7, 11) is 0. The lowest BCUT2D eigenvalue weighted by Gasteiger charge is -2.26. The number of carbonyl (C=O) groups is 1. The number of rotatable bonds is 6. The molecule has 1 rings (SSSR count). The van der Waals surface area contributed by atoms with Gasteiger partial charge in [0.1, 0.15) is 0 Å². The Labute approximate surface area is 102 Å². The molecule has 5 nitrogen and oxygen atoms in total. The first kappa shape index (κ1) is 13.9. The van der Waals surface area contributed by atoms with E-state index in [2.05, 4.69) is 0 Å². The van der Waals surface area contributed by atoms with Crippen LogP contribution in [0.4, 0.5) is 0 Å². The molecule has 0 bridgehead atoms. The Bertz CT molecular complexity index is 268. The molecule has 1 heterocycles. The van der Waals surface area contributed by atoms with Gasteiger partial charge in [-0.25, -0.2) is 0 Å². The molecule has 1 saturated heterocycles. The average molecular weight is 241 g/mol. The molecule has 1 aliphatic heterocycles. The van der Waals surface area contributed by atoms with Crippen molar-refractivity contribution in [3.8, 4) is 6.07 Å². The van der Waals surface area contributed by atoms with E-state index >= 15 is 0 Å². The van der Waals surface area contributed by atoms with Crippen molar-refractivity contribution in [2.45, 2.75) is 51.4 Å². The van der Waals surface area contributed by atoms with Gasteiger partial charge < -0.3 is 14.2 Å². The molecule has 0 saturated carbocycles. The van der Waals surface area contributed by atoms with Gasteiger partial charge in [-0.1, -0.05) is 0 Å². The molecule has 0 aliphatic carbocycles. The topological polar surface area (TPSA) is 68.6 Å². The fourth-order valence-corrected chi connectivity index (χ4v) is 1.71. The smallest absolute Gasteiger partial charge is 0.308 e. The highest BCUT2D eigenvalue weighted by Crippen LogP contribution is 2.18. The number of nitriles is 1. The first-order valence-corrected chi connectivity index (χ1v) is 6.06. The molecule has 5 heteroatoms. The van der Waals surface area contributed by atoms with Crippen LogP contribution in [0.2, 0.25) is 0 Å². The van der Waals surface area contributed by atoms with Crippen LogP contribution in [0.25, 0.3) is 0 Å². The Morgan fingerprint density at radius 1 is 1.59 bits per heavy atom. The zero-order chi connectivity index (χ0) is 12.5. The number of ether oxygens (including phenoxy) is 3. The summed E-state index contributed by atoms with van der Waals surface area (Å²) in [5.41, 5.74) is 0. The van der Waals surface area contributed by atoms with Crippen molar-refractivity contribution in [2.75, 3.05) is 13.2 Å². The van der Waals surface area contributed by atoms with Gasteiger partial charge in [-0.15, -0.1) is 0 Å². The maximum absolute atomic E-state index is 11.3. The molecule has 2 atom stereocenters. The van der Waals surface area contributed by atoms with Crippen LogP contribution in [-0.4, -0.2) is 31.6 Å². The summed E-state index contributed by atoms with van der Waals surface area (Å²) < 4.78 is 15.9. The van der Waals surface area contributed by atoms with Crippen molar-refractivity contribution >= 4 is 5.97 Å². The predicted octanol–water partition coefficient (Wildman–Crippen LogP) is 1.77. The molecule has 0 radical (unpaired) electrons. The lowest BCUT2D eigenvalue weighted by Crippen LogP contribution is -2.29. The van der Waals surface area contributed by atoms with Crippen molar-refractivity contribution in [1.29, 1.82) is 5.26 Å². The summed E-state index contributed by atoms with van der Waals surface area (Å²) in [5, 5.41) is 8.69. The molecule has 17 heavy (non-hydrogen) atoms. The zero-order valence-electron chi connectivity index (χ0n) is 10.2. The summed E-state index contributed by atoms with van der Waals surface area (Å²) in [5.74, 6) is -0.330. The Hall–Kier alpha value is -1.12. The van der Waals surface area contributed by atoms with Crippen molar-refractivity contribution in [1.82, 2.24) is 0 Å². The number of carbonyl (C=O) groups excluding carboxylic acids is 1. The van der Waals surface area contributed by atoms with Crippen LogP contribution in [0.5, 0.6) is 0 Å². The van der Waals surface area contributed by atoms with Crippen LogP contribution in [0, 0.1) is 11.3 Å². The quantitative estimate of drug-likeness (QED) is 0.663. The lowest BCUT2D eigenvalue weighted by molar-refractivity contribution is -0.191. The molecule has 0 N–H and O–H groups in total. The Kier molecular flexibility index (Phi) is 6.60. The zero-order valence-corrected chi connectivity index (χ0v) is 10.2. The minimum atomic E-state index is -0.429. The van der Waals surface area contributed by atoms with Gasteiger partial charge in [-0.05, 0) is 26.2 Å². The van der Waals surface area contributed by atoms with Gasteiger partial charge in [-0.3, -0.25) is 4.79 Å². The van der Waals surface area contributed by atoms with Crippen LogP contribution in [0.1, 0.15) is 39.0 Å². The second-order valence-electron chi connectivity index (χ2n) is 3.93. The van der Waals surface area contributed by atoms with E-state index in [1.807, 2.05) is 6.07 Å². The van der Waals surface area contributed by atoms with Crippen LogP contribution in [0.15, 0.2) is 0 Å². The van der Waals surface area contributed by atoms with Gasteiger partial charge in [0.25, 0.3) is 0 Å². The maximum Gasteiger partial charge on any atom is 0.308 e. The normalized spacial score (nSPS) is 21.5. The monoisotopic (exact) mass is 241 g/mol. The van der Waals surface area contributed by atoms with E-state index < -0.39 is 6.10 Å². The molecule has 0 aromatic carbocycles. The third kappa shape index (κ3) is 5.66. The minimum Gasteiger partial charge on any atom is -0.466 e. The predicted molar refractivity (Wildman–Crippen MR) is 59.9 cm³/mol.